The van der Waals surface area contributed by atoms with Crippen LogP contribution in [0.5, 0.6) is 5.88 Å². The van der Waals surface area contributed by atoms with Crippen LogP contribution in [0, 0.1) is 5.92 Å². The second-order valence-corrected chi connectivity index (χ2v) is 4.38. The summed E-state index contributed by atoms with van der Waals surface area (Å²) in [5.41, 5.74) is 0. The van der Waals surface area contributed by atoms with Gasteiger partial charge in [0, 0.05) is 6.07 Å². The fourth-order valence-corrected chi connectivity index (χ4v) is 2.09. The van der Waals surface area contributed by atoms with E-state index in [-0.39, 0.29) is 0 Å². The zero-order chi connectivity index (χ0) is 10.5. The Labute approximate surface area is 94.8 Å². The van der Waals surface area contributed by atoms with E-state index in [1.54, 1.807) is 6.07 Å². The van der Waals surface area contributed by atoms with Gasteiger partial charge in [-0.2, -0.15) is 0 Å². The van der Waals surface area contributed by atoms with E-state index in [1.165, 1.54) is 38.4 Å². The molecule has 0 aromatic carbocycles. The number of ether oxygens (including phenoxy) is 1. The molecule has 1 aromatic heterocycles. The van der Waals surface area contributed by atoms with Gasteiger partial charge in [0.15, 0.2) is 0 Å². The van der Waals surface area contributed by atoms with Crippen LogP contribution >= 0.6 is 11.6 Å². The van der Waals surface area contributed by atoms with Gasteiger partial charge >= 0.3 is 0 Å². The lowest BCUT2D eigenvalue weighted by atomic mass is 9.90. The zero-order valence-corrected chi connectivity index (χ0v) is 9.41. The highest BCUT2D eigenvalue weighted by atomic mass is 35.5. The third-order valence-corrected chi connectivity index (χ3v) is 3.01. The summed E-state index contributed by atoms with van der Waals surface area (Å²) in [5, 5.41) is 0.434. The summed E-state index contributed by atoms with van der Waals surface area (Å²) in [5.74, 6) is 1.27. The molecule has 0 N–H and O–H groups in total. The Kier molecular flexibility index (Phi) is 3.78. The van der Waals surface area contributed by atoms with Crippen molar-refractivity contribution < 1.29 is 4.74 Å². The van der Waals surface area contributed by atoms with Gasteiger partial charge in [0.25, 0.3) is 0 Å². The lowest BCUT2D eigenvalue weighted by molar-refractivity contribution is 0.202. The van der Waals surface area contributed by atoms with E-state index in [4.69, 9.17) is 16.3 Å². The Hall–Kier alpha value is -0.830. The summed E-state index contributed by atoms with van der Waals surface area (Å²) in [7, 11) is 0. The van der Waals surface area contributed by atoms with Crippen molar-refractivity contribution in [2.75, 3.05) is 6.61 Å². The van der Waals surface area contributed by atoms with Crippen molar-refractivity contribution in [3.8, 4) is 5.88 Å². The van der Waals surface area contributed by atoms with Crippen molar-refractivity contribution in [2.45, 2.75) is 32.1 Å². The van der Waals surface area contributed by atoms with Crippen LogP contribution in [0.4, 0.5) is 0 Å². The normalized spacial score (nSPS) is 17.7. The van der Waals surface area contributed by atoms with Gasteiger partial charge in [-0.1, -0.05) is 30.9 Å². The van der Waals surface area contributed by atoms with Crippen molar-refractivity contribution in [3.05, 3.63) is 17.5 Å². The third-order valence-electron chi connectivity index (χ3n) is 2.80. The molecule has 0 amide bonds. The molecule has 1 fully saturated rings. The molecule has 0 bridgehead atoms. The van der Waals surface area contributed by atoms with Gasteiger partial charge in [0.05, 0.1) is 6.61 Å². The fraction of sp³-hybridized carbons (Fsp3) is 0.636. The molecule has 1 aliphatic carbocycles. The van der Waals surface area contributed by atoms with E-state index in [2.05, 4.69) is 9.97 Å². The second kappa shape index (κ2) is 5.31. The molecule has 1 saturated carbocycles. The first-order chi connectivity index (χ1) is 7.34. The van der Waals surface area contributed by atoms with E-state index in [1.807, 2.05) is 0 Å². The lowest BCUT2D eigenvalue weighted by Crippen LogP contribution is -2.15. The first-order valence-corrected chi connectivity index (χ1v) is 5.83. The fourth-order valence-electron chi connectivity index (χ4n) is 1.95. The predicted octanol–water partition coefficient (Wildman–Crippen LogP) is 3.09. The van der Waals surface area contributed by atoms with Crippen LogP contribution in [-0.2, 0) is 0 Å². The summed E-state index contributed by atoms with van der Waals surface area (Å²) >= 11 is 5.74. The third kappa shape index (κ3) is 3.34. The molecule has 0 unspecified atom stereocenters. The maximum atomic E-state index is 5.74. The quantitative estimate of drug-likeness (QED) is 0.743. The average Bonchev–Trinajstić information content (AvgIpc) is 2.28. The average molecular weight is 227 g/mol. The van der Waals surface area contributed by atoms with Crippen LogP contribution in [-0.4, -0.2) is 16.6 Å². The monoisotopic (exact) mass is 226 g/mol. The maximum absolute atomic E-state index is 5.74. The predicted molar refractivity (Wildman–Crippen MR) is 59.1 cm³/mol. The van der Waals surface area contributed by atoms with Crippen LogP contribution < -0.4 is 4.74 Å². The number of halogens is 1. The molecule has 15 heavy (non-hydrogen) atoms. The van der Waals surface area contributed by atoms with Crippen molar-refractivity contribution in [3.63, 3.8) is 0 Å². The minimum atomic E-state index is 0.434. The summed E-state index contributed by atoms with van der Waals surface area (Å²) in [6.07, 6.45) is 8.02. The maximum Gasteiger partial charge on any atom is 0.217 e. The molecule has 0 aliphatic heterocycles. The van der Waals surface area contributed by atoms with Gasteiger partial charge < -0.3 is 4.74 Å². The SMILES string of the molecule is Clc1cc(OCC2CCCCC2)ncn1. The van der Waals surface area contributed by atoms with Crippen LogP contribution in [0.15, 0.2) is 12.4 Å². The number of aromatic nitrogens is 2. The number of nitrogens with zero attached hydrogens (tertiary/aromatic N) is 2. The Bertz CT molecular complexity index is 313. The number of hydrogen-bond acceptors (Lipinski definition) is 3. The molecule has 1 aromatic rings. The molecule has 3 nitrogen and oxygen atoms in total. The molecule has 0 saturated heterocycles. The smallest absolute Gasteiger partial charge is 0.217 e. The molecule has 82 valence electrons. The summed E-state index contributed by atoms with van der Waals surface area (Å²) in [4.78, 5) is 7.82. The van der Waals surface area contributed by atoms with Crippen molar-refractivity contribution >= 4 is 11.6 Å². The number of rotatable bonds is 3. The standard InChI is InChI=1S/C11H15ClN2O/c12-10-6-11(14-8-13-10)15-7-9-4-2-1-3-5-9/h6,8-9H,1-5,7H2. The van der Waals surface area contributed by atoms with Crippen LogP contribution in [0.25, 0.3) is 0 Å². The molecule has 0 atom stereocenters. The Morgan fingerprint density at radius 1 is 1.27 bits per heavy atom. The second-order valence-electron chi connectivity index (χ2n) is 3.99. The Morgan fingerprint density at radius 2 is 2.07 bits per heavy atom. The van der Waals surface area contributed by atoms with Crippen LogP contribution in [0.2, 0.25) is 5.15 Å². The van der Waals surface area contributed by atoms with E-state index >= 15 is 0 Å². The zero-order valence-electron chi connectivity index (χ0n) is 8.66. The first kappa shape index (κ1) is 10.7. The minimum absolute atomic E-state index is 0.434. The largest absolute Gasteiger partial charge is 0.477 e. The van der Waals surface area contributed by atoms with Gasteiger partial charge in [0.1, 0.15) is 11.5 Å². The van der Waals surface area contributed by atoms with E-state index < -0.39 is 0 Å². The molecule has 1 aliphatic rings. The summed E-state index contributed by atoms with van der Waals surface area (Å²) < 4.78 is 5.59. The molecule has 2 rings (SSSR count). The highest BCUT2D eigenvalue weighted by molar-refractivity contribution is 6.29. The molecular weight excluding hydrogens is 212 g/mol. The molecule has 0 spiro atoms. The first-order valence-electron chi connectivity index (χ1n) is 5.45. The van der Waals surface area contributed by atoms with Gasteiger partial charge in [-0.05, 0) is 18.8 Å². The van der Waals surface area contributed by atoms with Gasteiger partial charge in [-0.15, -0.1) is 0 Å². The van der Waals surface area contributed by atoms with Crippen molar-refractivity contribution in [2.24, 2.45) is 5.92 Å². The minimum Gasteiger partial charge on any atom is -0.477 e. The molecular formula is C11H15ClN2O. The molecule has 4 heteroatoms. The van der Waals surface area contributed by atoms with Crippen molar-refractivity contribution in [1.29, 1.82) is 0 Å². The van der Waals surface area contributed by atoms with Crippen LogP contribution in [0.3, 0.4) is 0 Å². The van der Waals surface area contributed by atoms with E-state index in [0.29, 0.717) is 17.0 Å². The number of hydrogen-bond donors (Lipinski definition) is 0. The lowest BCUT2D eigenvalue weighted by Gasteiger charge is -2.21. The highest BCUT2D eigenvalue weighted by Gasteiger charge is 2.14. The Morgan fingerprint density at radius 3 is 2.80 bits per heavy atom. The topological polar surface area (TPSA) is 35.0 Å². The summed E-state index contributed by atoms with van der Waals surface area (Å²) in [6, 6.07) is 1.66. The van der Waals surface area contributed by atoms with Crippen LogP contribution in [0.1, 0.15) is 32.1 Å². The van der Waals surface area contributed by atoms with Gasteiger partial charge in [-0.25, -0.2) is 9.97 Å². The highest BCUT2D eigenvalue weighted by Crippen LogP contribution is 2.24. The summed E-state index contributed by atoms with van der Waals surface area (Å²) in [6.45, 7) is 0.757. The van der Waals surface area contributed by atoms with E-state index in [9.17, 15) is 0 Å². The Balaban J connectivity index is 1.81. The van der Waals surface area contributed by atoms with Crippen molar-refractivity contribution in [1.82, 2.24) is 9.97 Å². The van der Waals surface area contributed by atoms with Gasteiger partial charge in [0.2, 0.25) is 5.88 Å². The van der Waals surface area contributed by atoms with Gasteiger partial charge in [-0.3, -0.25) is 0 Å². The molecule has 0 radical (unpaired) electrons. The van der Waals surface area contributed by atoms with E-state index in [0.717, 1.165) is 6.61 Å². The molecule has 1 heterocycles.